The summed E-state index contributed by atoms with van der Waals surface area (Å²) in [5, 5.41) is 12.5. The molecule has 0 aliphatic carbocycles. The number of fused-ring (bicyclic) bond motifs is 3. The lowest BCUT2D eigenvalue weighted by Gasteiger charge is -2.08. The maximum atomic E-state index is 12.9. The highest BCUT2D eigenvalue weighted by Gasteiger charge is 2.27. The van der Waals surface area contributed by atoms with E-state index in [9.17, 15) is 4.79 Å². The van der Waals surface area contributed by atoms with Crippen LogP contribution < -0.4 is 4.74 Å². The van der Waals surface area contributed by atoms with Crippen LogP contribution in [0.3, 0.4) is 0 Å². The molecule has 10 heteroatoms. The summed E-state index contributed by atoms with van der Waals surface area (Å²) in [6.07, 6.45) is 3.23. The van der Waals surface area contributed by atoms with Gasteiger partial charge < -0.3 is 9.47 Å². The van der Waals surface area contributed by atoms with E-state index < -0.39 is 5.97 Å². The molecule has 3 heterocycles. The first-order valence-corrected chi connectivity index (χ1v) is 9.49. The number of methoxy groups -OCH3 is 1. The van der Waals surface area contributed by atoms with E-state index in [2.05, 4.69) is 20.4 Å². The van der Waals surface area contributed by atoms with E-state index in [0.29, 0.717) is 28.7 Å². The van der Waals surface area contributed by atoms with Gasteiger partial charge in [0.15, 0.2) is 5.69 Å². The fourth-order valence-corrected chi connectivity index (χ4v) is 3.30. The minimum Gasteiger partial charge on any atom is -0.497 e. The molecule has 0 saturated carbocycles. The normalized spacial score (nSPS) is 12.4. The SMILES string of the molecule is COc1ccc2c(c1)-n1nnc(C(=O)OCc3ccccc3)c1CC(n1cncn1)=N2. The smallest absolute Gasteiger partial charge is 0.361 e. The summed E-state index contributed by atoms with van der Waals surface area (Å²) in [5.41, 5.74) is 2.83. The van der Waals surface area contributed by atoms with E-state index >= 15 is 0 Å². The number of ether oxygens (including phenoxy) is 2. The van der Waals surface area contributed by atoms with Crippen molar-refractivity contribution in [1.29, 1.82) is 0 Å². The predicted octanol–water partition coefficient (Wildman–Crippen LogP) is 2.36. The average Bonchev–Trinajstić information content (AvgIpc) is 3.46. The highest BCUT2D eigenvalue weighted by atomic mass is 16.5. The number of rotatable bonds is 4. The molecule has 2 aromatic carbocycles. The maximum absolute atomic E-state index is 12.9. The highest BCUT2D eigenvalue weighted by molar-refractivity contribution is 5.94. The van der Waals surface area contributed by atoms with Crippen LogP contribution in [0, 0.1) is 0 Å². The Morgan fingerprint density at radius 1 is 1.16 bits per heavy atom. The molecule has 0 amide bonds. The molecule has 0 atom stereocenters. The van der Waals surface area contributed by atoms with Gasteiger partial charge in [-0.2, -0.15) is 5.10 Å². The molecule has 0 saturated heterocycles. The fraction of sp³-hybridized carbons (Fsp3) is 0.143. The van der Waals surface area contributed by atoms with Crippen molar-refractivity contribution in [2.75, 3.05) is 7.11 Å². The third-order valence-corrected chi connectivity index (χ3v) is 4.84. The number of carbonyl (C=O) groups is 1. The highest BCUT2D eigenvalue weighted by Crippen LogP contribution is 2.32. The van der Waals surface area contributed by atoms with E-state index in [0.717, 1.165) is 5.56 Å². The fourth-order valence-electron chi connectivity index (χ4n) is 3.30. The van der Waals surface area contributed by atoms with Crippen LogP contribution in [0.5, 0.6) is 5.75 Å². The largest absolute Gasteiger partial charge is 0.497 e. The van der Waals surface area contributed by atoms with Crippen LogP contribution in [0.4, 0.5) is 5.69 Å². The summed E-state index contributed by atoms with van der Waals surface area (Å²) < 4.78 is 14.0. The summed E-state index contributed by atoms with van der Waals surface area (Å²) >= 11 is 0. The van der Waals surface area contributed by atoms with Gasteiger partial charge in [-0.1, -0.05) is 35.5 Å². The maximum Gasteiger partial charge on any atom is 0.361 e. The third kappa shape index (κ3) is 3.54. The van der Waals surface area contributed by atoms with Crippen molar-refractivity contribution in [1.82, 2.24) is 29.8 Å². The zero-order chi connectivity index (χ0) is 21.2. The molecule has 31 heavy (non-hydrogen) atoms. The van der Waals surface area contributed by atoms with Gasteiger partial charge >= 0.3 is 5.97 Å². The zero-order valence-electron chi connectivity index (χ0n) is 16.5. The second kappa shape index (κ2) is 7.82. The molecule has 0 fully saturated rings. The Balaban J connectivity index is 1.55. The van der Waals surface area contributed by atoms with Gasteiger partial charge in [0.1, 0.15) is 30.8 Å². The number of nitrogens with zero attached hydrogens (tertiary/aromatic N) is 7. The van der Waals surface area contributed by atoms with Gasteiger partial charge in [0.05, 0.1) is 30.6 Å². The molecule has 4 aromatic rings. The van der Waals surface area contributed by atoms with Crippen molar-refractivity contribution in [2.24, 2.45) is 4.99 Å². The molecule has 10 nitrogen and oxygen atoms in total. The number of esters is 1. The van der Waals surface area contributed by atoms with E-state index in [-0.39, 0.29) is 18.7 Å². The van der Waals surface area contributed by atoms with E-state index in [1.54, 1.807) is 34.9 Å². The number of hydrogen-bond acceptors (Lipinski definition) is 8. The van der Waals surface area contributed by atoms with Crippen molar-refractivity contribution in [3.63, 3.8) is 0 Å². The Labute approximate surface area is 176 Å². The Bertz CT molecular complexity index is 1260. The van der Waals surface area contributed by atoms with Gasteiger partial charge in [0.25, 0.3) is 0 Å². The molecule has 1 aliphatic heterocycles. The minimum absolute atomic E-state index is 0.124. The van der Waals surface area contributed by atoms with Gasteiger partial charge in [-0.15, -0.1) is 5.10 Å². The first kappa shape index (κ1) is 18.7. The first-order chi connectivity index (χ1) is 15.2. The van der Waals surface area contributed by atoms with E-state index in [1.165, 1.54) is 6.33 Å². The summed E-state index contributed by atoms with van der Waals surface area (Å²) in [7, 11) is 1.58. The molecule has 0 N–H and O–H groups in total. The average molecular weight is 415 g/mol. The van der Waals surface area contributed by atoms with Crippen LogP contribution in [-0.2, 0) is 17.8 Å². The molecule has 0 spiro atoms. The monoisotopic (exact) mass is 415 g/mol. The van der Waals surface area contributed by atoms with E-state index in [1.807, 2.05) is 36.4 Å². The van der Waals surface area contributed by atoms with Gasteiger partial charge in [0.2, 0.25) is 0 Å². The molecular weight excluding hydrogens is 398 g/mol. The van der Waals surface area contributed by atoms with Crippen molar-refractivity contribution < 1.29 is 14.3 Å². The lowest BCUT2D eigenvalue weighted by atomic mass is 10.2. The van der Waals surface area contributed by atoms with E-state index in [4.69, 9.17) is 14.5 Å². The molecule has 0 unspecified atom stereocenters. The summed E-state index contributed by atoms with van der Waals surface area (Å²) in [6.45, 7) is 0.139. The second-order valence-electron chi connectivity index (χ2n) is 6.76. The Morgan fingerprint density at radius 3 is 2.81 bits per heavy atom. The molecule has 5 rings (SSSR count). The van der Waals surface area contributed by atoms with Gasteiger partial charge in [-0.3, -0.25) is 0 Å². The molecule has 2 aromatic heterocycles. The number of hydrogen-bond donors (Lipinski definition) is 0. The molecule has 154 valence electrons. The Kier molecular flexibility index (Phi) is 4.71. The van der Waals surface area contributed by atoms with Crippen molar-refractivity contribution in [3.8, 4) is 11.4 Å². The Morgan fingerprint density at radius 2 is 2.03 bits per heavy atom. The van der Waals surface area contributed by atoms with Crippen LogP contribution >= 0.6 is 0 Å². The van der Waals surface area contributed by atoms with Crippen molar-refractivity contribution in [3.05, 3.63) is 78.1 Å². The van der Waals surface area contributed by atoms with Gasteiger partial charge in [0, 0.05) is 6.07 Å². The lowest BCUT2D eigenvalue weighted by molar-refractivity contribution is 0.0464. The van der Waals surface area contributed by atoms with Crippen molar-refractivity contribution >= 4 is 17.5 Å². The summed E-state index contributed by atoms with van der Waals surface area (Å²) in [5.74, 6) is 0.643. The van der Waals surface area contributed by atoms with Crippen LogP contribution in [0.25, 0.3) is 5.69 Å². The van der Waals surface area contributed by atoms with Gasteiger partial charge in [-0.25, -0.2) is 24.1 Å². The molecular formula is C21H17N7O3. The van der Waals surface area contributed by atoms with Crippen LogP contribution in [0.1, 0.15) is 21.7 Å². The standard InChI is InChI=1S/C21H17N7O3/c1-30-15-7-8-16-17(9-15)28-18(10-19(24-16)27-13-22-12-23-27)20(25-26-28)21(29)31-11-14-5-3-2-4-6-14/h2-9,12-13H,10-11H2,1H3. The number of aromatic nitrogens is 6. The summed E-state index contributed by atoms with van der Waals surface area (Å²) in [4.78, 5) is 21.6. The summed E-state index contributed by atoms with van der Waals surface area (Å²) in [6, 6.07) is 14.9. The van der Waals surface area contributed by atoms with Gasteiger partial charge in [-0.05, 0) is 17.7 Å². The molecule has 1 aliphatic rings. The lowest BCUT2D eigenvalue weighted by Crippen LogP contribution is -2.18. The van der Waals surface area contributed by atoms with Crippen LogP contribution in [-0.4, -0.2) is 48.7 Å². The number of benzene rings is 2. The minimum atomic E-state index is -0.561. The molecule has 0 bridgehead atoms. The zero-order valence-corrected chi connectivity index (χ0v) is 16.5. The topological polar surface area (TPSA) is 109 Å². The third-order valence-electron chi connectivity index (χ3n) is 4.84. The molecule has 0 radical (unpaired) electrons. The van der Waals surface area contributed by atoms with Crippen LogP contribution in [0.2, 0.25) is 0 Å². The Hall–Kier alpha value is -4.34. The van der Waals surface area contributed by atoms with Crippen LogP contribution in [0.15, 0.2) is 66.2 Å². The second-order valence-corrected chi connectivity index (χ2v) is 6.76. The van der Waals surface area contributed by atoms with Crippen molar-refractivity contribution in [2.45, 2.75) is 13.0 Å². The quantitative estimate of drug-likeness (QED) is 0.471. The first-order valence-electron chi connectivity index (χ1n) is 9.49. The number of aliphatic imine (C=N–C) groups is 1. The number of carbonyl (C=O) groups excluding carboxylic acids is 1. The predicted molar refractivity (Wildman–Crippen MR) is 110 cm³/mol.